The number of hydrogen-bond donors (Lipinski definition) is 2. The molecule has 2 N–H and O–H groups in total. The maximum Gasteiger partial charge on any atom is 0.332 e. The van der Waals surface area contributed by atoms with Crippen LogP contribution in [0.4, 0.5) is 0 Å². The van der Waals surface area contributed by atoms with Crippen LogP contribution in [0.15, 0.2) is 11.1 Å². The first kappa shape index (κ1) is 20.7. The Bertz CT molecular complexity index is 415. The summed E-state index contributed by atoms with van der Waals surface area (Å²) in [6.45, 7) is 2.90. The van der Waals surface area contributed by atoms with Crippen LogP contribution in [0.5, 0.6) is 0 Å². The second-order valence-corrected chi connectivity index (χ2v) is 6.91. The van der Waals surface area contributed by atoms with Gasteiger partial charge in [-0.3, -0.25) is 4.79 Å². The summed E-state index contributed by atoms with van der Waals surface area (Å²) in [7, 11) is 0. The van der Waals surface area contributed by atoms with Gasteiger partial charge in [0.25, 0.3) is 0 Å². The Morgan fingerprint density at radius 3 is 1.88 bits per heavy atom. The summed E-state index contributed by atoms with van der Waals surface area (Å²) in [5.74, 6) is -1.10. The molecule has 0 radical (unpaired) electrons. The van der Waals surface area contributed by atoms with E-state index in [1.807, 2.05) is 0 Å². The van der Waals surface area contributed by atoms with Crippen molar-refractivity contribution in [2.45, 2.75) is 96.8 Å². The first-order chi connectivity index (χ1) is 11.7. The van der Waals surface area contributed by atoms with Gasteiger partial charge in [-0.1, -0.05) is 64.7 Å². The molecule has 0 aromatic heterocycles. The molecule has 1 rings (SSSR count). The molecule has 0 fully saturated rings. The number of carbonyl (C=O) groups is 2. The lowest BCUT2D eigenvalue weighted by atomic mass is 9.91. The SMILES string of the molecule is CCCCCCCCCCCCNC(=O)C1=C(C(=O)O)CCCC1. The molecule has 1 amide bonds. The summed E-state index contributed by atoms with van der Waals surface area (Å²) in [5, 5.41) is 12.1. The number of carboxylic acid groups (broad SMARTS) is 1. The monoisotopic (exact) mass is 337 g/mol. The van der Waals surface area contributed by atoms with E-state index in [0.29, 0.717) is 30.5 Å². The molecular formula is C20H35NO3. The van der Waals surface area contributed by atoms with Gasteiger partial charge >= 0.3 is 5.97 Å². The fourth-order valence-corrected chi connectivity index (χ4v) is 3.31. The van der Waals surface area contributed by atoms with E-state index < -0.39 is 5.97 Å². The summed E-state index contributed by atoms with van der Waals surface area (Å²) in [5.41, 5.74) is 0.822. The summed E-state index contributed by atoms with van der Waals surface area (Å²) < 4.78 is 0. The normalized spacial score (nSPS) is 14.7. The first-order valence-corrected chi connectivity index (χ1v) is 9.90. The van der Waals surface area contributed by atoms with E-state index in [1.165, 1.54) is 51.4 Å². The molecule has 0 saturated carbocycles. The molecule has 0 saturated heterocycles. The number of carboxylic acids is 1. The van der Waals surface area contributed by atoms with Gasteiger partial charge in [0.05, 0.1) is 0 Å². The van der Waals surface area contributed by atoms with Crippen molar-refractivity contribution in [1.29, 1.82) is 0 Å². The van der Waals surface area contributed by atoms with Crippen molar-refractivity contribution < 1.29 is 14.7 Å². The standard InChI is InChI=1S/C20H35NO3/c1-2-3-4-5-6-7-8-9-10-13-16-21-19(22)17-14-11-12-15-18(17)20(23)24/h2-16H2,1H3,(H,21,22)(H,23,24). The quantitative estimate of drug-likeness (QED) is 0.466. The van der Waals surface area contributed by atoms with E-state index in [-0.39, 0.29) is 5.91 Å². The zero-order valence-electron chi connectivity index (χ0n) is 15.4. The van der Waals surface area contributed by atoms with Crippen LogP contribution >= 0.6 is 0 Å². The van der Waals surface area contributed by atoms with Crippen molar-refractivity contribution in [2.75, 3.05) is 6.54 Å². The molecule has 0 heterocycles. The van der Waals surface area contributed by atoms with E-state index in [2.05, 4.69) is 12.2 Å². The molecule has 0 aromatic rings. The van der Waals surface area contributed by atoms with Crippen molar-refractivity contribution >= 4 is 11.9 Å². The van der Waals surface area contributed by atoms with Crippen LogP contribution in [0.25, 0.3) is 0 Å². The van der Waals surface area contributed by atoms with Crippen molar-refractivity contribution in [3.05, 3.63) is 11.1 Å². The van der Waals surface area contributed by atoms with Gasteiger partial charge in [-0.15, -0.1) is 0 Å². The third kappa shape index (κ3) is 8.51. The van der Waals surface area contributed by atoms with Crippen molar-refractivity contribution in [3.8, 4) is 0 Å². The minimum absolute atomic E-state index is 0.164. The average molecular weight is 338 g/mol. The molecule has 4 nitrogen and oxygen atoms in total. The molecule has 0 spiro atoms. The first-order valence-electron chi connectivity index (χ1n) is 9.90. The van der Waals surface area contributed by atoms with Gasteiger partial charge in [-0.05, 0) is 32.1 Å². The van der Waals surface area contributed by atoms with Crippen LogP contribution in [0.2, 0.25) is 0 Å². The van der Waals surface area contributed by atoms with E-state index >= 15 is 0 Å². The Balaban J connectivity index is 2.06. The Morgan fingerprint density at radius 2 is 1.33 bits per heavy atom. The fourth-order valence-electron chi connectivity index (χ4n) is 3.31. The van der Waals surface area contributed by atoms with Crippen molar-refractivity contribution in [1.82, 2.24) is 5.32 Å². The number of aliphatic carboxylic acids is 1. The third-order valence-electron chi connectivity index (χ3n) is 4.82. The van der Waals surface area contributed by atoms with Crippen LogP contribution in [-0.2, 0) is 9.59 Å². The lowest BCUT2D eigenvalue weighted by molar-refractivity contribution is -0.133. The molecular weight excluding hydrogens is 302 g/mol. The molecule has 0 bridgehead atoms. The number of unbranched alkanes of at least 4 members (excludes halogenated alkanes) is 9. The van der Waals surface area contributed by atoms with Crippen LogP contribution in [0.1, 0.15) is 96.8 Å². The average Bonchev–Trinajstić information content (AvgIpc) is 2.59. The highest BCUT2D eigenvalue weighted by molar-refractivity contribution is 6.02. The van der Waals surface area contributed by atoms with Crippen LogP contribution in [-0.4, -0.2) is 23.5 Å². The molecule has 0 atom stereocenters. The molecule has 1 aliphatic rings. The van der Waals surface area contributed by atoms with Gasteiger partial charge < -0.3 is 10.4 Å². The van der Waals surface area contributed by atoms with E-state index in [1.54, 1.807) is 0 Å². The Morgan fingerprint density at radius 1 is 0.833 bits per heavy atom. The predicted molar refractivity (Wildman–Crippen MR) is 98.0 cm³/mol. The van der Waals surface area contributed by atoms with Crippen LogP contribution in [0.3, 0.4) is 0 Å². The summed E-state index contributed by atoms with van der Waals surface area (Å²) in [6, 6.07) is 0. The highest BCUT2D eigenvalue weighted by Gasteiger charge is 2.22. The molecule has 0 aliphatic heterocycles. The topological polar surface area (TPSA) is 66.4 Å². The number of rotatable bonds is 13. The van der Waals surface area contributed by atoms with Gasteiger partial charge in [0.2, 0.25) is 5.91 Å². The summed E-state index contributed by atoms with van der Waals surface area (Å²) in [4.78, 5) is 23.3. The van der Waals surface area contributed by atoms with E-state index in [0.717, 1.165) is 25.7 Å². The smallest absolute Gasteiger partial charge is 0.332 e. The second-order valence-electron chi connectivity index (χ2n) is 6.91. The van der Waals surface area contributed by atoms with Gasteiger partial charge in [0, 0.05) is 17.7 Å². The van der Waals surface area contributed by atoms with Crippen LogP contribution < -0.4 is 5.32 Å². The van der Waals surface area contributed by atoms with E-state index in [9.17, 15) is 14.7 Å². The maximum absolute atomic E-state index is 12.1. The lowest BCUT2D eigenvalue weighted by Gasteiger charge is -2.17. The largest absolute Gasteiger partial charge is 0.478 e. The van der Waals surface area contributed by atoms with Gasteiger partial charge in [0.1, 0.15) is 0 Å². The number of hydrogen-bond acceptors (Lipinski definition) is 2. The third-order valence-corrected chi connectivity index (χ3v) is 4.82. The summed E-state index contributed by atoms with van der Waals surface area (Å²) >= 11 is 0. The highest BCUT2D eigenvalue weighted by atomic mass is 16.4. The maximum atomic E-state index is 12.1. The van der Waals surface area contributed by atoms with E-state index in [4.69, 9.17) is 0 Å². The molecule has 4 heteroatoms. The molecule has 1 aliphatic carbocycles. The number of nitrogens with one attached hydrogen (secondary N) is 1. The van der Waals surface area contributed by atoms with Crippen molar-refractivity contribution in [2.24, 2.45) is 0 Å². The van der Waals surface area contributed by atoms with Gasteiger partial charge in [-0.2, -0.15) is 0 Å². The molecule has 24 heavy (non-hydrogen) atoms. The fraction of sp³-hybridized carbons (Fsp3) is 0.800. The minimum Gasteiger partial charge on any atom is -0.478 e. The summed E-state index contributed by atoms with van der Waals surface area (Å²) in [6.07, 6.45) is 15.6. The van der Waals surface area contributed by atoms with Crippen molar-refractivity contribution in [3.63, 3.8) is 0 Å². The Kier molecular flexibility index (Phi) is 11.2. The molecule has 0 unspecified atom stereocenters. The Labute approximate surface area is 147 Å². The van der Waals surface area contributed by atoms with Crippen LogP contribution in [0, 0.1) is 0 Å². The number of carbonyl (C=O) groups excluding carboxylic acids is 1. The minimum atomic E-state index is -0.932. The molecule has 0 aromatic carbocycles. The van der Waals surface area contributed by atoms with Gasteiger partial charge in [-0.25, -0.2) is 4.79 Å². The highest BCUT2D eigenvalue weighted by Crippen LogP contribution is 2.25. The Hall–Kier alpha value is -1.32. The zero-order valence-corrected chi connectivity index (χ0v) is 15.4. The lowest BCUT2D eigenvalue weighted by Crippen LogP contribution is -2.29. The predicted octanol–water partition coefficient (Wildman–Crippen LogP) is 4.98. The zero-order chi connectivity index (χ0) is 17.6. The van der Waals surface area contributed by atoms with Gasteiger partial charge in [0.15, 0.2) is 0 Å². The second kappa shape index (κ2) is 13.0. The number of amides is 1. The molecule has 138 valence electrons.